The maximum absolute atomic E-state index is 12.4. The van der Waals surface area contributed by atoms with Crippen LogP contribution in [0, 0.1) is 0 Å². The zero-order chi connectivity index (χ0) is 35.6. The second-order valence-corrected chi connectivity index (χ2v) is 14.5. The lowest BCUT2D eigenvalue weighted by Gasteiger charge is -2.19. The van der Waals surface area contributed by atoms with Crippen LogP contribution in [0.1, 0.15) is 50.3 Å². The topological polar surface area (TPSA) is 366 Å². The van der Waals surface area contributed by atoms with Gasteiger partial charge in [0.1, 0.15) is 12.3 Å². The van der Waals surface area contributed by atoms with Crippen molar-refractivity contribution in [2.24, 2.45) is 5.73 Å². The minimum atomic E-state index is -5.77. The second kappa shape index (κ2) is 17.7. The second-order valence-electron chi connectivity index (χ2n) is 10.1. The summed E-state index contributed by atoms with van der Waals surface area (Å²) in [6.07, 6.45) is -1.88. The Morgan fingerprint density at radius 3 is 2.23 bits per heavy atom. The molecule has 2 unspecified atom stereocenters. The van der Waals surface area contributed by atoms with Crippen LogP contribution in [0.4, 0.5) is 0 Å². The van der Waals surface area contributed by atoms with Gasteiger partial charge in [0.25, 0.3) is 5.56 Å². The minimum absolute atomic E-state index is 0.145. The molecule has 2 amide bonds. The van der Waals surface area contributed by atoms with Crippen LogP contribution in [0.2, 0.25) is 0 Å². The number of phosphoric acid groups is 3. The van der Waals surface area contributed by atoms with E-state index in [2.05, 4.69) is 23.8 Å². The molecule has 0 spiro atoms. The first kappa shape index (κ1) is 40.6. The molecule has 23 nitrogen and oxygen atoms in total. The molecule has 1 aliphatic heterocycles. The number of nitrogens with one attached hydrogen (secondary N) is 3. The lowest BCUT2D eigenvalue weighted by atomic mass is 10.1. The quantitative estimate of drug-likeness (QED) is 0.0495. The molecule has 268 valence electrons. The fourth-order valence-electron chi connectivity index (χ4n) is 4.06. The first-order chi connectivity index (χ1) is 21.7. The highest BCUT2D eigenvalue weighted by Crippen LogP contribution is 2.66. The van der Waals surface area contributed by atoms with Gasteiger partial charge in [0.05, 0.1) is 31.6 Å². The van der Waals surface area contributed by atoms with Crippen LogP contribution in [-0.2, 0) is 52.4 Å². The average Bonchev–Trinajstić information content (AvgIpc) is 3.27. The summed E-state index contributed by atoms with van der Waals surface area (Å²) in [5.41, 5.74) is 3.46. The van der Waals surface area contributed by atoms with E-state index in [1.807, 2.05) is 4.98 Å². The number of ether oxygens (including phenoxy) is 1. The van der Waals surface area contributed by atoms with E-state index in [1.54, 1.807) is 0 Å². The van der Waals surface area contributed by atoms with Crippen molar-refractivity contribution in [2.75, 3.05) is 19.7 Å². The Kier molecular flexibility index (Phi) is 15.3. The number of phosphoric ester groups is 1. The molecule has 1 aromatic rings. The van der Waals surface area contributed by atoms with E-state index in [-0.39, 0.29) is 18.5 Å². The maximum Gasteiger partial charge on any atom is 0.490 e. The summed E-state index contributed by atoms with van der Waals surface area (Å²) in [6.45, 7) is -0.432. The van der Waals surface area contributed by atoms with Crippen LogP contribution in [0.5, 0.6) is 0 Å². The van der Waals surface area contributed by atoms with Crippen molar-refractivity contribution in [1.29, 1.82) is 0 Å². The molecule has 0 radical (unpaired) electrons. The highest BCUT2D eigenvalue weighted by molar-refractivity contribution is 7.66. The molecule has 0 bridgehead atoms. The lowest BCUT2D eigenvalue weighted by molar-refractivity contribution is -0.139. The Morgan fingerprint density at radius 2 is 1.64 bits per heavy atom. The van der Waals surface area contributed by atoms with E-state index in [9.17, 15) is 52.6 Å². The molecule has 1 fully saturated rings. The lowest BCUT2D eigenvalue weighted by Crippen LogP contribution is -2.42. The van der Waals surface area contributed by atoms with Gasteiger partial charge in [-0.25, -0.2) is 18.5 Å². The maximum atomic E-state index is 12.4. The van der Waals surface area contributed by atoms with Crippen molar-refractivity contribution in [3.63, 3.8) is 0 Å². The number of aromatic nitrogens is 2. The number of aromatic amines is 1. The molecule has 1 aromatic heterocycles. The summed E-state index contributed by atoms with van der Waals surface area (Å²) < 4.78 is 52.0. The summed E-state index contributed by atoms with van der Waals surface area (Å²) in [5.74, 6) is -2.31. The van der Waals surface area contributed by atoms with Crippen LogP contribution in [-0.4, -0.2) is 95.1 Å². The molecule has 0 aromatic carbocycles. The van der Waals surface area contributed by atoms with Gasteiger partial charge in [-0.3, -0.25) is 33.3 Å². The van der Waals surface area contributed by atoms with Crippen molar-refractivity contribution in [2.45, 2.75) is 69.4 Å². The number of aliphatic carboxylic acids is 1. The number of H-pyrrole nitrogens is 1. The van der Waals surface area contributed by atoms with Gasteiger partial charge in [-0.05, 0) is 12.8 Å². The number of carbonyl (C=O) groups is 3. The largest absolute Gasteiger partial charge is 0.490 e. The molecule has 1 aliphatic rings. The Bertz CT molecular complexity index is 1530. The van der Waals surface area contributed by atoms with E-state index >= 15 is 0 Å². The van der Waals surface area contributed by atoms with E-state index in [0.29, 0.717) is 32.2 Å². The molecule has 0 aliphatic carbocycles. The monoisotopic (exact) mass is 739 g/mol. The zero-order valence-corrected chi connectivity index (χ0v) is 27.1. The van der Waals surface area contributed by atoms with Gasteiger partial charge >= 0.3 is 35.1 Å². The van der Waals surface area contributed by atoms with Crippen LogP contribution < -0.4 is 27.6 Å². The third-order valence-corrected chi connectivity index (χ3v) is 9.98. The predicted octanol–water partition coefficient (Wildman–Crippen LogP) is -2.33. The third-order valence-electron chi connectivity index (χ3n) is 6.18. The fraction of sp³-hybridized carbons (Fsp3) is 0.667. The Balaban J connectivity index is 1.83. The predicted molar refractivity (Wildman–Crippen MR) is 154 cm³/mol. The number of hydrogen-bond donors (Lipinski definition) is 10. The average molecular weight is 739 g/mol. The van der Waals surface area contributed by atoms with Crippen LogP contribution in [0.25, 0.3) is 0 Å². The third kappa shape index (κ3) is 15.0. The first-order valence-corrected chi connectivity index (χ1v) is 18.2. The molecular weight excluding hydrogens is 703 g/mol. The van der Waals surface area contributed by atoms with E-state index in [0.717, 1.165) is 10.8 Å². The summed E-state index contributed by atoms with van der Waals surface area (Å²) in [5, 5.41) is 24.1. The van der Waals surface area contributed by atoms with Crippen molar-refractivity contribution in [1.82, 2.24) is 20.2 Å². The number of amides is 2. The van der Waals surface area contributed by atoms with E-state index < -0.39 is 96.4 Å². The Labute approximate surface area is 264 Å². The highest BCUT2D eigenvalue weighted by atomic mass is 31.3. The number of carbonyl (C=O) groups excluding carboxylic acids is 2. The summed E-state index contributed by atoms with van der Waals surface area (Å²) >= 11 is 0. The molecule has 47 heavy (non-hydrogen) atoms. The number of carboxylic acids is 1. The van der Waals surface area contributed by atoms with Crippen molar-refractivity contribution >= 4 is 41.3 Å². The number of hydrogen-bond acceptors (Lipinski definition) is 14. The van der Waals surface area contributed by atoms with Crippen LogP contribution in [0.15, 0.2) is 15.8 Å². The number of unbranched alkanes of at least 4 members (excludes halogenated alkanes) is 3. The van der Waals surface area contributed by atoms with Gasteiger partial charge in [-0.1, -0.05) is 12.8 Å². The van der Waals surface area contributed by atoms with E-state index in [1.165, 1.54) is 0 Å². The first-order valence-electron chi connectivity index (χ1n) is 13.7. The number of nitrogens with two attached hydrogens (primary N) is 1. The minimum Gasteiger partial charge on any atom is -0.481 e. The van der Waals surface area contributed by atoms with Gasteiger partial charge in [0.15, 0.2) is 0 Å². The Morgan fingerprint density at radius 1 is 1.02 bits per heavy atom. The van der Waals surface area contributed by atoms with Crippen molar-refractivity contribution in [3.8, 4) is 0 Å². The van der Waals surface area contributed by atoms with Gasteiger partial charge in [0.2, 0.25) is 11.8 Å². The Hall–Kier alpha value is -2.62. The molecule has 2 rings (SSSR count). The summed E-state index contributed by atoms with van der Waals surface area (Å²) in [4.78, 5) is 97.3. The number of aliphatic hydroxyl groups is 1. The number of nitrogens with zero attached hydrogens (tertiary/aromatic N) is 1. The van der Waals surface area contributed by atoms with Gasteiger partial charge in [-0.2, -0.15) is 8.62 Å². The number of aliphatic hydroxyl groups excluding tert-OH is 1. The molecule has 11 N–H and O–H groups in total. The molecule has 0 saturated carbocycles. The number of rotatable bonds is 20. The fourth-order valence-corrected chi connectivity index (χ4v) is 7.09. The van der Waals surface area contributed by atoms with Crippen molar-refractivity contribution in [3.05, 3.63) is 32.6 Å². The van der Waals surface area contributed by atoms with Gasteiger partial charge in [0, 0.05) is 31.3 Å². The van der Waals surface area contributed by atoms with Gasteiger partial charge < -0.3 is 50.9 Å². The normalized spacial score (nSPS) is 21.4. The molecule has 1 saturated heterocycles. The number of carboxylic acid groups (broad SMARTS) is 1. The smallest absolute Gasteiger partial charge is 0.481 e. The highest BCUT2D eigenvalue weighted by Gasteiger charge is 2.43. The van der Waals surface area contributed by atoms with Crippen molar-refractivity contribution < 1.29 is 75.7 Å². The SMILES string of the molecule is N[C@@H](CC(=O)O)C(=O)NCCCCCCNC(=O)Cc1cn([C@H]2C[C@H](O)[C@@H](COP(=O)(O)OP(=O)(O)OP(=O)(O)O)O2)c(=O)[nH]c1=O. The molecule has 2 heterocycles. The van der Waals surface area contributed by atoms with Gasteiger partial charge in [-0.15, -0.1) is 0 Å². The van der Waals surface area contributed by atoms with Crippen LogP contribution >= 0.6 is 23.5 Å². The zero-order valence-electron chi connectivity index (χ0n) is 24.4. The van der Waals surface area contributed by atoms with E-state index in [4.69, 9.17) is 25.4 Å². The summed E-state index contributed by atoms with van der Waals surface area (Å²) in [6, 6.07) is -1.14. The summed E-state index contributed by atoms with van der Waals surface area (Å²) in [7, 11) is -16.9. The molecular formula is C21H36N5O18P3. The molecule has 6 atom stereocenters. The standard InChI is InChI=1S/C21H36N5O18P3/c22-13(8-18(29)30)20(32)24-6-4-2-1-3-5-23-16(28)7-12-10-26(21(33)25-19(12)31)17-9-14(27)15(42-17)11-41-46(37,38)44-47(39,40)43-45(34,35)36/h10,13-15,17,27H,1-9,11,22H2,(H,23,28)(H,24,32)(H,29,30)(H,37,38)(H,39,40)(H,25,31,33)(H2,34,35,36)/t13-,14-,15+,17+/m0/s1. The van der Waals surface area contributed by atoms with Crippen LogP contribution in [0.3, 0.4) is 0 Å². The molecule has 26 heteroatoms.